The van der Waals surface area contributed by atoms with Gasteiger partial charge in [0.05, 0.1) is 24.4 Å². The van der Waals surface area contributed by atoms with Gasteiger partial charge in [0.25, 0.3) is 0 Å². The number of phenols is 1. The molecule has 4 aliphatic rings. The highest BCUT2D eigenvalue weighted by atomic mass is 32.1. The molecule has 0 spiro atoms. The molecule has 3 fully saturated rings. The summed E-state index contributed by atoms with van der Waals surface area (Å²) < 4.78 is 12.1. The molecule has 270 valence electrons. The predicted molar refractivity (Wildman–Crippen MR) is 198 cm³/mol. The van der Waals surface area contributed by atoms with Crippen molar-refractivity contribution < 1.29 is 29.6 Å². The van der Waals surface area contributed by atoms with Crippen molar-refractivity contribution >= 4 is 29.2 Å². The highest BCUT2D eigenvalue weighted by Gasteiger charge is 2.37. The number of fused-ring (bicyclic) bond motifs is 4. The van der Waals surface area contributed by atoms with Crippen molar-refractivity contribution in [2.75, 3.05) is 44.6 Å². The number of hydrogen-bond donors (Lipinski definition) is 6. The summed E-state index contributed by atoms with van der Waals surface area (Å²) >= 11 is 1.62. The molecule has 11 heteroatoms. The van der Waals surface area contributed by atoms with E-state index < -0.39 is 12.3 Å². The van der Waals surface area contributed by atoms with E-state index in [0.717, 1.165) is 80.9 Å². The summed E-state index contributed by atoms with van der Waals surface area (Å²) in [6, 6.07) is 15.1. The van der Waals surface area contributed by atoms with Gasteiger partial charge in [-0.05, 0) is 98.1 Å². The molecule has 2 aromatic carbocycles. The molecule has 4 aliphatic heterocycles. The molecule has 10 nitrogen and oxygen atoms in total. The van der Waals surface area contributed by atoms with Crippen molar-refractivity contribution in [3.63, 3.8) is 0 Å². The van der Waals surface area contributed by atoms with Crippen LogP contribution in [0.4, 0.5) is 10.5 Å². The maximum absolute atomic E-state index is 13.1. The molecule has 0 radical (unpaired) electrons. The zero-order chi connectivity index (χ0) is 34.7. The van der Waals surface area contributed by atoms with Gasteiger partial charge in [-0.15, -0.1) is 11.3 Å². The van der Waals surface area contributed by atoms with E-state index >= 15 is 0 Å². The summed E-state index contributed by atoms with van der Waals surface area (Å²) in [6.45, 7) is 4.98. The lowest BCUT2D eigenvalue weighted by molar-refractivity contribution is -0.0336. The minimum atomic E-state index is -0.853. The number of ether oxygens (including phenoxy) is 2. The standard InChI is InChI=1S/C39H52N4O6S/c44-32-15-13-30(31-14-16-36(46)41-38(31)32)33(45)25-40-19-6-4-2-1-3-5-7-22-48-29-11-8-10-28(24-29)37(35-12-9-23-50-35)42-39(47)49-34-26-43-20-17-27(34)18-21-43/h8-16,23-24,27,33-34,36-37,40-41,44-46H,1-7,17-22,25-26H2,(H,42,47). The second-order valence-corrected chi connectivity index (χ2v) is 14.7. The van der Waals surface area contributed by atoms with Crippen LogP contribution in [0.5, 0.6) is 11.5 Å². The van der Waals surface area contributed by atoms with Gasteiger partial charge in [-0.2, -0.15) is 0 Å². The van der Waals surface area contributed by atoms with Gasteiger partial charge in [0.1, 0.15) is 23.8 Å². The lowest BCUT2D eigenvalue weighted by Crippen LogP contribution is -2.52. The number of benzene rings is 2. The topological polar surface area (TPSA) is 136 Å². The molecular formula is C39H52N4O6S. The van der Waals surface area contributed by atoms with Gasteiger partial charge in [0.2, 0.25) is 0 Å². The Kier molecular flexibility index (Phi) is 13.1. The number of piperidine rings is 3. The first-order valence-corrected chi connectivity index (χ1v) is 19.2. The number of nitrogens with one attached hydrogen (secondary N) is 3. The zero-order valence-corrected chi connectivity index (χ0v) is 29.6. The molecule has 3 saturated heterocycles. The molecule has 6 N–H and O–H groups in total. The number of anilines is 1. The summed E-state index contributed by atoms with van der Waals surface area (Å²) in [5.74, 6) is 1.33. The van der Waals surface area contributed by atoms with E-state index in [1.54, 1.807) is 35.6 Å². The van der Waals surface area contributed by atoms with E-state index in [1.807, 2.05) is 41.8 Å². The average molecular weight is 705 g/mol. The number of hydrogen-bond acceptors (Lipinski definition) is 10. The second-order valence-electron chi connectivity index (χ2n) is 13.7. The average Bonchev–Trinajstić information content (AvgIpc) is 3.67. The Hall–Kier alpha value is -3.61. The second kappa shape index (κ2) is 18.1. The first kappa shape index (κ1) is 36.2. The third-order valence-corrected chi connectivity index (χ3v) is 11.0. The molecule has 0 aliphatic carbocycles. The SMILES string of the molecule is O=C(NC(c1cccc(OCCCCCCCCCNCC(O)c2ccc(O)c3c2C=CC(O)N3)c1)c1cccs1)OC1CN2CCC1CC2. The van der Waals surface area contributed by atoms with Crippen LogP contribution in [0.25, 0.3) is 6.08 Å². The normalized spacial score (nSPS) is 22.0. The predicted octanol–water partition coefficient (Wildman–Crippen LogP) is 6.55. The third kappa shape index (κ3) is 9.79. The van der Waals surface area contributed by atoms with E-state index in [-0.39, 0.29) is 24.0 Å². The van der Waals surface area contributed by atoms with E-state index in [2.05, 4.69) is 20.9 Å². The van der Waals surface area contributed by atoms with Crippen LogP contribution < -0.4 is 20.7 Å². The van der Waals surface area contributed by atoms with Gasteiger partial charge in [-0.25, -0.2) is 4.79 Å². The fourth-order valence-electron chi connectivity index (χ4n) is 7.30. The number of carbonyl (C=O) groups excluding carboxylic acids is 1. The Morgan fingerprint density at radius 3 is 2.58 bits per heavy atom. The Balaban J connectivity index is 0.841. The molecule has 50 heavy (non-hydrogen) atoms. The maximum Gasteiger partial charge on any atom is 0.408 e. The number of aliphatic hydroxyl groups is 2. The maximum atomic E-state index is 13.1. The van der Waals surface area contributed by atoms with Crippen molar-refractivity contribution in [1.29, 1.82) is 0 Å². The lowest BCUT2D eigenvalue weighted by atomic mass is 9.86. The van der Waals surface area contributed by atoms with Crippen molar-refractivity contribution in [1.82, 2.24) is 15.5 Å². The number of unbranched alkanes of at least 4 members (excludes halogenated alkanes) is 6. The molecule has 7 rings (SSSR count). The Labute approximate surface area is 299 Å². The van der Waals surface area contributed by atoms with Gasteiger partial charge in [0, 0.05) is 23.5 Å². The molecule has 1 amide bonds. The fourth-order valence-corrected chi connectivity index (χ4v) is 8.10. The monoisotopic (exact) mass is 704 g/mol. The number of aliphatic hydroxyl groups excluding tert-OH is 2. The summed E-state index contributed by atoms with van der Waals surface area (Å²) in [7, 11) is 0. The fraction of sp³-hybridized carbons (Fsp3) is 0.513. The minimum absolute atomic E-state index is 0.0311. The molecule has 4 atom stereocenters. The van der Waals surface area contributed by atoms with Gasteiger partial charge in [0.15, 0.2) is 0 Å². The summed E-state index contributed by atoms with van der Waals surface area (Å²) in [6.07, 6.45) is 11.4. The number of aromatic hydroxyl groups is 1. The largest absolute Gasteiger partial charge is 0.506 e. The highest BCUT2D eigenvalue weighted by Crippen LogP contribution is 2.37. The quantitative estimate of drug-likeness (QED) is 0.0644. The Bertz CT molecular complexity index is 1540. The Morgan fingerprint density at radius 1 is 1.02 bits per heavy atom. The summed E-state index contributed by atoms with van der Waals surface area (Å²) in [5, 5.41) is 42.0. The number of thiophene rings is 1. The molecule has 0 saturated carbocycles. The van der Waals surface area contributed by atoms with E-state index in [1.165, 1.54) is 19.3 Å². The number of rotatable bonds is 18. The summed E-state index contributed by atoms with van der Waals surface area (Å²) in [5.41, 5.74) is 2.85. The Morgan fingerprint density at radius 2 is 1.82 bits per heavy atom. The molecule has 2 bridgehead atoms. The number of alkyl carbamates (subject to hydrolysis) is 1. The molecule has 1 aromatic heterocycles. The van der Waals surface area contributed by atoms with Crippen LogP contribution in [0.1, 0.15) is 91.5 Å². The van der Waals surface area contributed by atoms with E-state index in [0.29, 0.717) is 35.9 Å². The lowest BCUT2D eigenvalue weighted by Gasteiger charge is -2.43. The number of phenolic OH excluding ortho intramolecular Hbond substituents is 1. The van der Waals surface area contributed by atoms with Gasteiger partial charge >= 0.3 is 6.09 Å². The van der Waals surface area contributed by atoms with Crippen LogP contribution in [0.2, 0.25) is 0 Å². The van der Waals surface area contributed by atoms with Crippen LogP contribution in [0.15, 0.2) is 60.0 Å². The van der Waals surface area contributed by atoms with Crippen LogP contribution in [-0.2, 0) is 4.74 Å². The van der Waals surface area contributed by atoms with Crippen LogP contribution in [0, 0.1) is 5.92 Å². The number of carbonyl (C=O) groups is 1. The third-order valence-electron chi connectivity index (χ3n) is 10.1. The van der Waals surface area contributed by atoms with Crippen LogP contribution >= 0.6 is 11.3 Å². The van der Waals surface area contributed by atoms with Crippen molar-refractivity contribution in [2.24, 2.45) is 5.92 Å². The van der Waals surface area contributed by atoms with Crippen molar-refractivity contribution in [3.8, 4) is 11.5 Å². The molecule has 5 heterocycles. The van der Waals surface area contributed by atoms with Crippen molar-refractivity contribution in [3.05, 3.63) is 81.6 Å². The van der Waals surface area contributed by atoms with Gasteiger partial charge in [-0.1, -0.05) is 62.4 Å². The first-order valence-electron chi connectivity index (χ1n) is 18.3. The van der Waals surface area contributed by atoms with Gasteiger partial charge in [-0.3, -0.25) is 4.90 Å². The minimum Gasteiger partial charge on any atom is -0.506 e. The highest BCUT2D eigenvalue weighted by molar-refractivity contribution is 7.10. The molecule has 4 unspecified atom stereocenters. The molecular weight excluding hydrogens is 653 g/mol. The van der Waals surface area contributed by atoms with Crippen LogP contribution in [-0.4, -0.2) is 78.0 Å². The number of nitrogens with zero attached hydrogens (tertiary/aromatic N) is 1. The summed E-state index contributed by atoms with van der Waals surface area (Å²) in [4.78, 5) is 16.5. The van der Waals surface area contributed by atoms with Crippen molar-refractivity contribution in [2.45, 2.75) is 82.3 Å². The smallest absolute Gasteiger partial charge is 0.408 e. The van der Waals surface area contributed by atoms with E-state index in [9.17, 15) is 20.1 Å². The molecule has 3 aromatic rings. The van der Waals surface area contributed by atoms with Gasteiger partial charge < -0.3 is 40.7 Å². The number of amides is 1. The first-order chi connectivity index (χ1) is 24.4. The van der Waals surface area contributed by atoms with E-state index in [4.69, 9.17) is 9.47 Å². The van der Waals surface area contributed by atoms with Crippen LogP contribution in [0.3, 0.4) is 0 Å². The zero-order valence-electron chi connectivity index (χ0n) is 28.8.